The molecule has 3 aromatic rings. The average Bonchev–Trinajstić information content (AvgIpc) is 2.86. The number of benzene rings is 3. The molecule has 0 fully saturated rings. The maximum Gasteiger partial charge on any atom is 0.243 e. The summed E-state index contributed by atoms with van der Waals surface area (Å²) in [6.45, 7) is 1.99. The van der Waals surface area contributed by atoms with Gasteiger partial charge in [-0.3, -0.25) is 4.79 Å². The molecule has 0 bridgehead atoms. The summed E-state index contributed by atoms with van der Waals surface area (Å²) in [6.07, 6.45) is 2.77. The van der Waals surface area contributed by atoms with E-state index in [0.717, 1.165) is 30.4 Å². The van der Waals surface area contributed by atoms with Crippen LogP contribution in [0.2, 0.25) is 5.02 Å². The Morgan fingerprint density at radius 1 is 1.09 bits per heavy atom. The van der Waals surface area contributed by atoms with Crippen LogP contribution >= 0.6 is 11.6 Å². The molecule has 0 aliphatic heterocycles. The van der Waals surface area contributed by atoms with Crippen LogP contribution in [-0.4, -0.2) is 31.8 Å². The first-order valence-electron chi connectivity index (χ1n) is 11.7. The number of amides is 1. The van der Waals surface area contributed by atoms with Crippen LogP contribution in [0.1, 0.15) is 42.5 Å². The number of carbonyl (C=O) groups excluding carboxylic acids is 1. The molecule has 0 heterocycles. The molecule has 0 unspecified atom stereocenters. The molecule has 3 aromatic carbocycles. The van der Waals surface area contributed by atoms with Crippen molar-refractivity contribution in [2.75, 3.05) is 13.2 Å². The molecule has 1 amide bonds. The molecule has 1 aliphatic carbocycles. The fourth-order valence-electron chi connectivity index (χ4n) is 4.38. The molecule has 35 heavy (non-hydrogen) atoms. The second kappa shape index (κ2) is 11.2. The van der Waals surface area contributed by atoms with Crippen LogP contribution < -0.4 is 10.1 Å². The van der Waals surface area contributed by atoms with Gasteiger partial charge in [0, 0.05) is 6.54 Å². The summed E-state index contributed by atoms with van der Waals surface area (Å²) in [4.78, 5) is 13.2. The van der Waals surface area contributed by atoms with Gasteiger partial charge in [-0.15, -0.1) is 0 Å². The van der Waals surface area contributed by atoms with Crippen molar-refractivity contribution in [2.45, 2.75) is 43.7 Å². The van der Waals surface area contributed by atoms with Crippen molar-refractivity contribution in [1.82, 2.24) is 9.62 Å². The summed E-state index contributed by atoms with van der Waals surface area (Å²) >= 11 is 6.27. The Labute approximate surface area is 211 Å². The normalized spacial score (nSPS) is 15.5. The topological polar surface area (TPSA) is 75.7 Å². The van der Waals surface area contributed by atoms with E-state index in [1.165, 1.54) is 22.0 Å². The lowest BCUT2D eigenvalue weighted by atomic mass is 9.88. The van der Waals surface area contributed by atoms with Crippen LogP contribution in [0.4, 0.5) is 0 Å². The lowest BCUT2D eigenvalue weighted by molar-refractivity contribution is -0.122. The first kappa shape index (κ1) is 25.2. The molecule has 6 nitrogen and oxygen atoms in total. The van der Waals surface area contributed by atoms with Crippen molar-refractivity contribution >= 4 is 27.5 Å². The molecule has 184 valence electrons. The van der Waals surface area contributed by atoms with Crippen LogP contribution in [0, 0.1) is 0 Å². The first-order chi connectivity index (χ1) is 16.9. The molecule has 8 heteroatoms. The highest BCUT2D eigenvalue weighted by molar-refractivity contribution is 7.89. The fourth-order valence-corrected chi connectivity index (χ4v) is 6.09. The summed E-state index contributed by atoms with van der Waals surface area (Å²) in [5.41, 5.74) is 3.11. The van der Waals surface area contributed by atoms with E-state index >= 15 is 0 Å². The van der Waals surface area contributed by atoms with Gasteiger partial charge in [0.15, 0.2) is 0 Å². The summed E-state index contributed by atoms with van der Waals surface area (Å²) in [7, 11) is -4.02. The highest BCUT2D eigenvalue weighted by atomic mass is 35.5. The van der Waals surface area contributed by atoms with Gasteiger partial charge < -0.3 is 10.1 Å². The molecule has 1 aliphatic rings. The standard InChI is InChI=1S/C27H29ClN2O4S/c1-2-34-26-16-15-22(17-24(26)28)35(32,33)30(18-20-9-4-3-5-10-20)19-27(31)29-25-14-8-12-21-11-6-7-13-23(21)25/h3-7,9-11,13,15-17,25H,2,8,12,14,18-19H2,1H3,(H,29,31)/t25-/m1/s1. The molecule has 0 aromatic heterocycles. The lowest BCUT2D eigenvalue weighted by Gasteiger charge is -2.28. The second-order valence-electron chi connectivity index (χ2n) is 8.50. The van der Waals surface area contributed by atoms with Crippen LogP contribution in [0.3, 0.4) is 0 Å². The van der Waals surface area contributed by atoms with E-state index in [2.05, 4.69) is 11.4 Å². The second-order valence-corrected chi connectivity index (χ2v) is 10.8. The lowest BCUT2D eigenvalue weighted by Crippen LogP contribution is -2.42. The number of hydrogen-bond donors (Lipinski definition) is 1. The van der Waals surface area contributed by atoms with E-state index in [1.807, 2.05) is 55.5 Å². The number of nitrogens with one attached hydrogen (secondary N) is 1. The maximum absolute atomic E-state index is 13.6. The van der Waals surface area contributed by atoms with E-state index in [0.29, 0.717) is 12.4 Å². The summed E-state index contributed by atoms with van der Waals surface area (Å²) in [5.74, 6) is 0.0691. The predicted molar refractivity (Wildman–Crippen MR) is 137 cm³/mol. The largest absolute Gasteiger partial charge is 0.492 e. The number of sulfonamides is 1. The van der Waals surface area contributed by atoms with E-state index in [1.54, 1.807) is 6.07 Å². The van der Waals surface area contributed by atoms with Gasteiger partial charge in [0.05, 0.1) is 29.1 Å². The van der Waals surface area contributed by atoms with Crippen molar-refractivity contribution in [1.29, 1.82) is 0 Å². The monoisotopic (exact) mass is 512 g/mol. The molecule has 0 saturated carbocycles. The van der Waals surface area contributed by atoms with E-state index in [4.69, 9.17) is 16.3 Å². The zero-order chi connectivity index (χ0) is 24.8. The zero-order valence-electron chi connectivity index (χ0n) is 19.6. The number of hydrogen-bond acceptors (Lipinski definition) is 4. The quantitative estimate of drug-likeness (QED) is 0.431. The summed E-state index contributed by atoms with van der Waals surface area (Å²) in [6, 6.07) is 21.5. The maximum atomic E-state index is 13.6. The number of halogens is 1. The highest BCUT2D eigenvalue weighted by Crippen LogP contribution is 2.31. The van der Waals surface area contributed by atoms with Crippen LogP contribution in [0.5, 0.6) is 5.75 Å². The Balaban J connectivity index is 1.58. The van der Waals surface area contributed by atoms with E-state index in [-0.39, 0.29) is 35.0 Å². The number of aryl methyl sites for hydroxylation is 1. The van der Waals surface area contributed by atoms with Crippen LogP contribution in [0.15, 0.2) is 77.7 Å². The van der Waals surface area contributed by atoms with Gasteiger partial charge in [0.1, 0.15) is 5.75 Å². The zero-order valence-corrected chi connectivity index (χ0v) is 21.2. The molecule has 0 radical (unpaired) electrons. The van der Waals surface area contributed by atoms with E-state index < -0.39 is 10.0 Å². The smallest absolute Gasteiger partial charge is 0.243 e. The average molecular weight is 513 g/mol. The number of nitrogens with zero attached hydrogens (tertiary/aromatic N) is 1. The van der Waals surface area contributed by atoms with E-state index in [9.17, 15) is 13.2 Å². The fraction of sp³-hybridized carbons (Fsp3) is 0.296. The van der Waals surface area contributed by atoms with Gasteiger partial charge >= 0.3 is 0 Å². The van der Waals surface area contributed by atoms with Gasteiger partial charge in [0.2, 0.25) is 15.9 Å². The minimum atomic E-state index is -4.02. The number of rotatable bonds is 9. The third-order valence-corrected chi connectivity index (χ3v) is 8.15. The summed E-state index contributed by atoms with van der Waals surface area (Å²) < 4.78 is 33.9. The van der Waals surface area contributed by atoms with Gasteiger partial charge in [0.25, 0.3) is 0 Å². The van der Waals surface area contributed by atoms with Crippen molar-refractivity contribution < 1.29 is 17.9 Å². The minimum absolute atomic E-state index is 0.0118. The Kier molecular flexibility index (Phi) is 8.11. The number of ether oxygens (including phenoxy) is 1. The Morgan fingerprint density at radius 2 is 1.83 bits per heavy atom. The number of fused-ring (bicyclic) bond motifs is 1. The number of carbonyl (C=O) groups is 1. The highest BCUT2D eigenvalue weighted by Gasteiger charge is 2.29. The molecule has 0 spiro atoms. The predicted octanol–water partition coefficient (Wildman–Crippen LogP) is 5.12. The molecule has 1 N–H and O–H groups in total. The molecule has 4 rings (SSSR count). The van der Waals surface area contributed by atoms with Crippen molar-refractivity contribution in [3.8, 4) is 5.75 Å². The van der Waals surface area contributed by atoms with Gasteiger partial charge in [-0.25, -0.2) is 8.42 Å². The Morgan fingerprint density at radius 3 is 2.57 bits per heavy atom. The van der Waals surface area contributed by atoms with Gasteiger partial charge in [-0.05, 0) is 61.1 Å². The van der Waals surface area contributed by atoms with Crippen LogP contribution in [0.25, 0.3) is 0 Å². The molecular weight excluding hydrogens is 484 g/mol. The summed E-state index contributed by atoms with van der Waals surface area (Å²) in [5, 5.41) is 3.27. The van der Waals surface area contributed by atoms with Crippen molar-refractivity contribution in [2.24, 2.45) is 0 Å². The van der Waals surface area contributed by atoms with Gasteiger partial charge in [-0.1, -0.05) is 66.2 Å². The van der Waals surface area contributed by atoms with Crippen molar-refractivity contribution in [3.05, 3.63) is 94.5 Å². The molecular formula is C27H29ClN2O4S. The third-order valence-electron chi connectivity index (χ3n) is 6.07. The molecule has 1 atom stereocenters. The van der Waals surface area contributed by atoms with Crippen LogP contribution in [-0.2, 0) is 27.8 Å². The van der Waals surface area contributed by atoms with Gasteiger partial charge in [-0.2, -0.15) is 4.31 Å². The SMILES string of the molecule is CCOc1ccc(S(=O)(=O)N(CC(=O)N[C@@H]2CCCc3ccccc32)Cc2ccccc2)cc1Cl. The minimum Gasteiger partial charge on any atom is -0.492 e. The Bertz CT molecular complexity index is 1280. The molecule has 0 saturated heterocycles. The Hall–Kier alpha value is -2.87. The third kappa shape index (κ3) is 6.04. The van der Waals surface area contributed by atoms with Crippen molar-refractivity contribution in [3.63, 3.8) is 0 Å². The first-order valence-corrected chi connectivity index (χ1v) is 13.5.